The first-order valence-electron chi connectivity index (χ1n) is 18.6. The highest BCUT2D eigenvalue weighted by atomic mass is 28.3. The van der Waals surface area contributed by atoms with Gasteiger partial charge in [-0.15, -0.1) is 0 Å². The van der Waals surface area contributed by atoms with Crippen LogP contribution in [0.15, 0.2) is 36.6 Å². The van der Waals surface area contributed by atoms with E-state index in [9.17, 15) is 14.4 Å². The molecule has 0 aromatic heterocycles. The second-order valence-electron chi connectivity index (χ2n) is 11.7. The molecule has 0 radical (unpaired) electrons. The number of hydrogen-bond donors (Lipinski definition) is 1. The van der Waals surface area contributed by atoms with Crippen molar-refractivity contribution in [2.75, 3.05) is 39.6 Å². The van der Waals surface area contributed by atoms with Gasteiger partial charge in [-0.2, -0.15) is 0 Å². The molecular formula is C36H72O12Si3. The van der Waals surface area contributed by atoms with E-state index in [2.05, 4.69) is 27.0 Å². The molecule has 0 fully saturated rings. The number of rotatable bonds is 30. The first kappa shape index (κ1) is 53.4. The van der Waals surface area contributed by atoms with Crippen LogP contribution in [0.4, 0.5) is 0 Å². The van der Waals surface area contributed by atoms with Crippen molar-refractivity contribution >= 4 is 45.8 Å². The Morgan fingerprint density at radius 3 is 1.39 bits per heavy atom. The third kappa shape index (κ3) is 39.1. The minimum Gasteiger partial charge on any atom is -0.478 e. The standard InChI is InChI=1S/C14H28O4Si.C12H24O4Si.C10H20O4Si/c1-4-7-10-17-19(18-11-8-5-2)12-13(9-6-3)14(15)16;1-6-12(13)14-8-7-9-17(15-10(2)3)16-11(4)5;1-4-10(11)12-8-7-9-15(13-5-2)14-6-3/h12,19H,4-11H2,1-3H3,(H,15,16);6,10-11,17H,1,7-9H2,2-5H3;4,15H,1,5-9H2,2-3H3. The zero-order valence-electron chi connectivity index (χ0n) is 33.3. The lowest BCUT2D eigenvalue weighted by Gasteiger charge is -2.21. The van der Waals surface area contributed by atoms with Crippen LogP contribution >= 0.6 is 0 Å². The predicted molar refractivity (Wildman–Crippen MR) is 211 cm³/mol. The molecule has 0 aliphatic rings. The summed E-state index contributed by atoms with van der Waals surface area (Å²) in [6.07, 6.45) is 9.78. The van der Waals surface area contributed by atoms with Gasteiger partial charge in [0.2, 0.25) is 0 Å². The van der Waals surface area contributed by atoms with Crippen LogP contribution in [-0.4, -0.2) is 103 Å². The summed E-state index contributed by atoms with van der Waals surface area (Å²) in [5, 5.41) is 9.14. The minimum atomic E-state index is -1.99. The van der Waals surface area contributed by atoms with Crippen LogP contribution in [0.3, 0.4) is 0 Å². The lowest BCUT2D eigenvalue weighted by Crippen LogP contribution is -2.29. The molecule has 0 saturated carbocycles. The summed E-state index contributed by atoms with van der Waals surface area (Å²) >= 11 is 0. The van der Waals surface area contributed by atoms with Gasteiger partial charge in [-0.05, 0) is 91.4 Å². The van der Waals surface area contributed by atoms with E-state index in [0.717, 1.165) is 57.0 Å². The maximum Gasteiger partial charge on any atom is 0.348 e. The summed E-state index contributed by atoms with van der Waals surface area (Å²) in [6, 6.07) is 1.72. The first-order chi connectivity index (χ1) is 24.3. The van der Waals surface area contributed by atoms with Gasteiger partial charge in [0.1, 0.15) is 0 Å². The van der Waals surface area contributed by atoms with Gasteiger partial charge < -0.3 is 41.1 Å². The average Bonchev–Trinajstić information content (AvgIpc) is 3.08. The van der Waals surface area contributed by atoms with Crippen molar-refractivity contribution in [2.24, 2.45) is 0 Å². The van der Waals surface area contributed by atoms with Crippen molar-refractivity contribution in [1.82, 2.24) is 0 Å². The van der Waals surface area contributed by atoms with Crippen molar-refractivity contribution in [1.29, 1.82) is 0 Å². The van der Waals surface area contributed by atoms with Crippen LogP contribution < -0.4 is 0 Å². The molecule has 0 aromatic carbocycles. The van der Waals surface area contributed by atoms with Gasteiger partial charge in [-0.1, -0.05) is 53.2 Å². The maximum atomic E-state index is 11.1. The highest BCUT2D eigenvalue weighted by molar-refractivity contribution is 6.51. The van der Waals surface area contributed by atoms with E-state index in [-0.39, 0.29) is 24.1 Å². The fourth-order valence-electron chi connectivity index (χ4n) is 3.85. The van der Waals surface area contributed by atoms with Crippen LogP contribution in [-0.2, 0) is 50.4 Å². The van der Waals surface area contributed by atoms with E-state index in [1.807, 2.05) is 48.5 Å². The van der Waals surface area contributed by atoms with Crippen molar-refractivity contribution in [3.05, 3.63) is 36.6 Å². The van der Waals surface area contributed by atoms with Gasteiger partial charge >= 0.3 is 45.8 Å². The van der Waals surface area contributed by atoms with Gasteiger partial charge in [0.15, 0.2) is 0 Å². The number of carbonyl (C=O) groups excluding carboxylic acids is 2. The molecule has 0 atom stereocenters. The number of aliphatic carboxylic acids is 1. The molecule has 0 heterocycles. The van der Waals surface area contributed by atoms with Crippen molar-refractivity contribution in [3.8, 4) is 0 Å². The quantitative estimate of drug-likeness (QED) is 0.0356. The molecule has 12 nitrogen and oxygen atoms in total. The molecule has 300 valence electrons. The molecule has 0 saturated heterocycles. The number of ether oxygens (including phenoxy) is 2. The smallest absolute Gasteiger partial charge is 0.348 e. The van der Waals surface area contributed by atoms with Crippen LogP contribution in [0.2, 0.25) is 12.1 Å². The Balaban J connectivity index is -0.000000683. The summed E-state index contributed by atoms with van der Waals surface area (Å²) in [5.74, 6) is -1.60. The molecule has 0 bridgehead atoms. The Bertz CT molecular complexity index is 877. The Labute approximate surface area is 314 Å². The van der Waals surface area contributed by atoms with Crippen molar-refractivity contribution in [2.45, 2.75) is 138 Å². The largest absolute Gasteiger partial charge is 0.478 e. The number of carboxylic acids is 1. The van der Waals surface area contributed by atoms with Crippen LogP contribution in [0.5, 0.6) is 0 Å². The molecule has 1 N–H and O–H groups in total. The van der Waals surface area contributed by atoms with E-state index in [4.69, 9.17) is 41.1 Å². The molecule has 15 heteroatoms. The minimum absolute atomic E-state index is 0.182. The second-order valence-corrected chi connectivity index (χ2v) is 17.6. The maximum absolute atomic E-state index is 11.1. The van der Waals surface area contributed by atoms with E-state index in [1.54, 1.807) is 5.70 Å². The molecule has 0 aromatic rings. The summed E-state index contributed by atoms with van der Waals surface area (Å²) < 4.78 is 43.7. The number of unbranched alkanes of at least 4 members (excludes halogenated alkanes) is 2. The average molecular weight is 781 g/mol. The van der Waals surface area contributed by atoms with Crippen LogP contribution in [0.1, 0.15) is 114 Å². The van der Waals surface area contributed by atoms with Crippen LogP contribution in [0, 0.1) is 0 Å². The summed E-state index contributed by atoms with van der Waals surface area (Å²) in [6.45, 7) is 28.3. The third-order valence-corrected chi connectivity index (χ3v) is 12.9. The highest BCUT2D eigenvalue weighted by Gasteiger charge is 2.17. The zero-order valence-corrected chi connectivity index (χ0v) is 36.7. The SMILES string of the molecule is C=CC(=O)OCCC[SiH](OC(C)C)OC(C)C.C=CC(=O)OCCC[SiH](OCC)OCC.CCCCO[SiH](C=C(CCC)C(=O)O)OCCCC. The molecule has 0 aliphatic carbocycles. The van der Waals surface area contributed by atoms with Gasteiger partial charge in [0, 0.05) is 56.4 Å². The lowest BCUT2D eigenvalue weighted by atomic mass is 10.2. The molecule has 0 aliphatic heterocycles. The van der Waals surface area contributed by atoms with Gasteiger partial charge in [0.25, 0.3) is 0 Å². The fraction of sp³-hybridized carbons (Fsp3) is 0.750. The van der Waals surface area contributed by atoms with E-state index in [1.165, 1.54) is 12.2 Å². The van der Waals surface area contributed by atoms with Gasteiger partial charge in [-0.25, -0.2) is 14.4 Å². The summed E-state index contributed by atoms with van der Waals surface area (Å²) in [4.78, 5) is 32.7. The first-order valence-corrected chi connectivity index (χ1v) is 23.8. The molecular weight excluding hydrogens is 709 g/mol. The Hall–Kier alpha value is -1.96. The molecule has 51 heavy (non-hydrogen) atoms. The topological polar surface area (TPSA) is 145 Å². The van der Waals surface area contributed by atoms with E-state index >= 15 is 0 Å². The summed E-state index contributed by atoms with van der Waals surface area (Å²) in [7, 11) is -5.15. The molecule has 0 rings (SSSR count). The highest BCUT2D eigenvalue weighted by Crippen LogP contribution is 2.10. The number of carbonyl (C=O) groups is 3. The number of hydrogen-bond acceptors (Lipinski definition) is 11. The van der Waals surface area contributed by atoms with Crippen molar-refractivity contribution < 1.29 is 55.5 Å². The van der Waals surface area contributed by atoms with Crippen molar-refractivity contribution in [3.63, 3.8) is 0 Å². The fourth-order valence-corrected chi connectivity index (χ4v) is 9.30. The molecule has 0 unspecified atom stereocenters. The Morgan fingerprint density at radius 2 is 1.06 bits per heavy atom. The van der Waals surface area contributed by atoms with E-state index in [0.29, 0.717) is 51.6 Å². The van der Waals surface area contributed by atoms with Gasteiger partial charge in [0.05, 0.1) is 13.2 Å². The summed E-state index contributed by atoms with van der Waals surface area (Å²) in [5.41, 5.74) is 2.18. The number of carboxylic acid groups (broad SMARTS) is 1. The molecule has 0 spiro atoms. The molecule has 0 amide bonds. The van der Waals surface area contributed by atoms with Crippen LogP contribution in [0.25, 0.3) is 0 Å². The Morgan fingerprint density at radius 1 is 0.627 bits per heavy atom. The zero-order chi connectivity index (χ0) is 39.3. The second kappa shape index (κ2) is 39.3. The van der Waals surface area contributed by atoms with Gasteiger partial charge in [-0.3, -0.25) is 0 Å². The third-order valence-electron chi connectivity index (χ3n) is 6.23. The monoisotopic (exact) mass is 780 g/mol. The van der Waals surface area contributed by atoms with E-state index < -0.39 is 33.8 Å². The normalized spacial score (nSPS) is 11.3. The lowest BCUT2D eigenvalue weighted by molar-refractivity contribution is -0.138. The number of esters is 2. The predicted octanol–water partition coefficient (Wildman–Crippen LogP) is 6.77. The Kier molecular flexibility index (Phi) is 41.1.